The monoisotopic (exact) mass is 244 g/mol. The van der Waals surface area contributed by atoms with Gasteiger partial charge in [-0.15, -0.1) is 0 Å². The first-order valence-corrected chi connectivity index (χ1v) is 6.96. The van der Waals surface area contributed by atoms with E-state index in [1.54, 1.807) is 0 Å². The van der Waals surface area contributed by atoms with Gasteiger partial charge < -0.3 is 10.7 Å². The number of aromatic amines is 1. The van der Waals surface area contributed by atoms with Crippen LogP contribution in [0.1, 0.15) is 45.1 Å². The van der Waals surface area contributed by atoms with E-state index in [1.165, 1.54) is 35.7 Å². The number of unbranched alkanes of at least 4 members (excludes halogenated alkanes) is 2. The lowest BCUT2D eigenvalue weighted by molar-refractivity contribution is 0.409. The van der Waals surface area contributed by atoms with Gasteiger partial charge in [0, 0.05) is 22.6 Å². The number of rotatable bonds is 6. The van der Waals surface area contributed by atoms with Crippen molar-refractivity contribution in [2.45, 2.75) is 51.5 Å². The molecule has 18 heavy (non-hydrogen) atoms. The first-order chi connectivity index (χ1) is 8.62. The summed E-state index contributed by atoms with van der Waals surface area (Å²) in [4.78, 5) is 3.32. The summed E-state index contributed by atoms with van der Waals surface area (Å²) < 4.78 is 0. The van der Waals surface area contributed by atoms with Crippen LogP contribution in [0.5, 0.6) is 0 Å². The van der Waals surface area contributed by atoms with Gasteiger partial charge in [0.2, 0.25) is 0 Å². The molecule has 1 atom stereocenters. The van der Waals surface area contributed by atoms with E-state index in [1.807, 2.05) is 0 Å². The fourth-order valence-electron chi connectivity index (χ4n) is 2.58. The SMILES string of the molecule is CCCCCC(C)(N)Cc1c[nH]c2ccccc12. The molecule has 0 saturated heterocycles. The molecular formula is C16H24N2. The van der Waals surface area contributed by atoms with Gasteiger partial charge in [0.1, 0.15) is 0 Å². The topological polar surface area (TPSA) is 41.8 Å². The normalized spacial score (nSPS) is 14.8. The van der Waals surface area contributed by atoms with Crippen molar-refractivity contribution in [2.24, 2.45) is 5.73 Å². The van der Waals surface area contributed by atoms with Crippen molar-refractivity contribution < 1.29 is 0 Å². The van der Waals surface area contributed by atoms with Crippen LogP contribution in [-0.2, 0) is 6.42 Å². The highest BCUT2D eigenvalue weighted by Crippen LogP contribution is 2.24. The second-order valence-electron chi connectivity index (χ2n) is 5.65. The Bertz CT molecular complexity index is 497. The highest BCUT2D eigenvalue weighted by molar-refractivity contribution is 5.83. The second-order valence-corrected chi connectivity index (χ2v) is 5.65. The molecule has 2 rings (SSSR count). The first kappa shape index (κ1) is 13.2. The van der Waals surface area contributed by atoms with Crippen LogP contribution in [0.3, 0.4) is 0 Å². The van der Waals surface area contributed by atoms with Crippen molar-refractivity contribution in [3.63, 3.8) is 0 Å². The zero-order valence-corrected chi connectivity index (χ0v) is 11.5. The van der Waals surface area contributed by atoms with Gasteiger partial charge in [0.25, 0.3) is 0 Å². The van der Waals surface area contributed by atoms with Crippen LogP contribution in [0.2, 0.25) is 0 Å². The smallest absolute Gasteiger partial charge is 0.0456 e. The number of H-pyrrole nitrogens is 1. The Kier molecular flexibility index (Phi) is 4.07. The summed E-state index contributed by atoms with van der Waals surface area (Å²) in [5.74, 6) is 0. The third kappa shape index (κ3) is 3.14. The van der Waals surface area contributed by atoms with Gasteiger partial charge in [-0.25, -0.2) is 0 Å². The van der Waals surface area contributed by atoms with Gasteiger partial charge in [0.05, 0.1) is 0 Å². The molecular weight excluding hydrogens is 220 g/mol. The molecule has 1 heterocycles. The number of nitrogens with one attached hydrogen (secondary N) is 1. The predicted molar refractivity (Wildman–Crippen MR) is 78.7 cm³/mol. The highest BCUT2D eigenvalue weighted by atomic mass is 14.7. The molecule has 0 aliphatic rings. The maximum absolute atomic E-state index is 6.43. The van der Waals surface area contributed by atoms with Crippen LogP contribution in [-0.4, -0.2) is 10.5 Å². The third-order valence-corrected chi connectivity index (χ3v) is 3.62. The molecule has 2 nitrogen and oxygen atoms in total. The molecule has 2 aromatic rings. The van der Waals surface area contributed by atoms with Gasteiger partial charge >= 0.3 is 0 Å². The predicted octanol–water partition coefficient (Wildman–Crippen LogP) is 4.01. The average Bonchev–Trinajstić information content (AvgIpc) is 2.72. The Morgan fingerprint density at radius 2 is 2.00 bits per heavy atom. The lowest BCUT2D eigenvalue weighted by atomic mass is 9.88. The maximum Gasteiger partial charge on any atom is 0.0456 e. The summed E-state index contributed by atoms with van der Waals surface area (Å²) in [5, 5.41) is 1.31. The number of hydrogen-bond acceptors (Lipinski definition) is 1. The van der Waals surface area contributed by atoms with E-state index in [9.17, 15) is 0 Å². The lowest BCUT2D eigenvalue weighted by Gasteiger charge is -2.24. The van der Waals surface area contributed by atoms with Crippen LogP contribution in [0.15, 0.2) is 30.5 Å². The fraction of sp³-hybridized carbons (Fsp3) is 0.500. The Morgan fingerprint density at radius 3 is 2.78 bits per heavy atom. The minimum absolute atomic E-state index is 0.0971. The molecule has 0 radical (unpaired) electrons. The molecule has 0 amide bonds. The summed E-state index contributed by atoms with van der Waals surface area (Å²) in [6.07, 6.45) is 7.91. The van der Waals surface area contributed by atoms with E-state index < -0.39 is 0 Å². The Labute approximate surface area is 110 Å². The minimum atomic E-state index is -0.0971. The van der Waals surface area contributed by atoms with Crippen LogP contribution in [0, 0.1) is 0 Å². The maximum atomic E-state index is 6.43. The standard InChI is InChI=1S/C16H24N2/c1-3-4-7-10-16(2,17)11-13-12-18-15-9-6-5-8-14(13)15/h5-6,8-9,12,18H,3-4,7,10-11,17H2,1-2H3. The Balaban J connectivity index is 2.08. The molecule has 1 aromatic carbocycles. The van der Waals surface area contributed by atoms with Crippen molar-refractivity contribution in [2.75, 3.05) is 0 Å². The average molecular weight is 244 g/mol. The summed E-state index contributed by atoms with van der Waals surface area (Å²) in [6, 6.07) is 8.43. The molecule has 0 spiro atoms. The van der Waals surface area contributed by atoms with E-state index in [-0.39, 0.29) is 5.54 Å². The van der Waals surface area contributed by atoms with Crippen LogP contribution in [0.25, 0.3) is 10.9 Å². The van der Waals surface area contributed by atoms with Crippen LogP contribution >= 0.6 is 0 Å². The molecule has 2 heteroatoms. The number of benzene rings is 1. The Morgan fingerprint density at radius 1 is 1.22 bits per heavy atom. The molecule has 0 fully saturated rings. The fourth-order valence-corrected chi connectivity index (χ4v) is 2.58. The summed E-state index contributed by atoms with van der Waals surface area (Å²) in [6.45, 7) is 4.40. The molecule has 0 bridgehead atoms. The van der Waals surface area contributed by atoms with Crippen molar-refractivity contribution in [1.29, 1.82) is 0 Å². The number of aromatic nitrogens is 1. The van der Waals surface area contributed by atoms with E-state index in [0.29, 0.717) is 0 Å². The highest BCUT2D eigenvalue weighted by Gasteiger charge is 2.20. The van der Waals surface area contributed by atoms with Crippen molar-refractivity contribution in [3.05, 3.63) is 36.0 Å². The molecule has 1 unspecified atom stereocenters. The van der Waals surface area contributed by atoms with Gasteiger partial charge in [-0.3, -0.25) is 0 Å². The number of para-hydroxylation sites is 1. The molecule has 0 saturated carbocycles. The van der Waals surface area contributed by atoms with Crippen molar-refractivity contribution in [3.8, 4) is 0 Å². The van der Waals surface area contributed by atoms with Gasteiger partial charge in [0.15, 0.2) is 0 Å². The summed E-state index contributed by atoms with van der Waals surface area (Å²) >= 11 is 0. The third-order valence-electron chi connectivity index (χ3n) is 3.62. The van der Waals surface area contributed by atoms with Gasteiger partial charge in [-0.05, 0) is 31.4 Å². The molecule has 3 N–H and O–H groups in total. The number of fused-ring (bicyclic) bond motifs is 1. The Hall–Kier alpha value is -1.28. The first-order valence-electron chi connectivity index (χ1n) is 6.96. The number of hydrogen-bond donors (Lipinski definition) is 2. The molecule has 0 aliphatic heterocycles. The molecule has 98 valence electrons. The summed E-state index contributed by atoms with van der Waals surface area (Å²) in [5.41, 5.74) is 8.87. The van der Waals surface area contributed by atoms with Crippen LogP contribution in [0.4, 0.5) is 0 Å². The zero-order chi connectivity index (χ0) is 13.0. The summed E-state index contributed by atoms with van der Waals surface area (Å²) in [7, 11) is 0. The van der Waals surface area contributed by atoms with E-state index in [2.05, 4.69) is 49.3 Å². The van der Waals surface area contributed by atoms with E-state index in [0.717, 1.165) is 12.8 Å². The van der Waals surface area contributed by atoms with E-state index in [4.69, 9.17) is 5.73 Å². The van der Waals surface area contributed by atoms with E-state index >= 15 is 0 Å². The quantitative estimate of drug-likeness (QED) is 0.741. The van der Waals surface area contributed by atoms with Crippen molar-refractivity contribution >= 4 is 10.9 Å². The zero-order valence-electron chi connectivity index (χ0n) is 11.5. The lowest BCUT2D eigenvalue weighted by Crippen LogP contribution is -2.38. The van der Waals surface area contributed by atoms with Crippen LogP contribution < -0.4 is 5.73 Å². The minimum Gasteiger partial charge on any atom is -0.361 e. The molecule has 1 aromatic heterocycles. The van der Waals surface area contributed by atoms with Gasteiger partial charge in [-0.2, -0.15) is 0 Å². The second kappa shape index (κ2) is 5.57. The molecule has 0 aliphatic carbocycles. The largest absolute Gasteiger partial charge is 0.361 e. The van der Waals surface area contributed by atoms with Crippen molar-refractivity contribution in [1.82, 2.24) is 4.98 Å². The van der Waals surface area contributed by atoms with Gasteiger partial charge in [-0.1, -0.05) is 44.4 Å². The number of nitrogens with two attached hydrogens (primary N) is 1.